The molecule has 0 unspecified atom stereocenters. The molecule has 1 heterocycles. The van der Waals surface area contributed by atoms with Crippen molar-refractivity contribution in [2.45, 2.75) is 19.4 Å². The van der Waals surface area contributed by atoms with Gasteiger partial charge in [-0.25, -0.2) is 4.99 Å². The Hall–Kier alpha value is -0.950. The van der Waals surface area contributed by atoms with E-state index in [0.29, 0.717) is 0 Å². The number of carbonyl (C=O) groups is 1. The molecule has 1 aliphatic heterocycles. The van der Waals surface area contributed by atoms with Crippen LogP contribution in [0.25, 0.3) is 0 Å². The van der Waals surface area contributed by atoms with Gasteiger partial charge in [0.15, 0.2) is 0 Å². The third-order valence-electron chi connectivity index (χ3n) is 1.40. The highest BCUT2D eigenvalue weighted by atomic mass is 32.2. The number of aliphatic imine (C=N–C) groups is 1. The van der Waals surface area contributed by atoms with Gasteiger partial charge in [-0.1, -0.05) is 0 Å². The lowest BCUT2D eigenvalue weighted by molar-refractivity contribution is -0.122. The maximum atomic E-state index is 11.0. The molecule has 0 bridgehead atoms. The topological polar surface area (TPSA) is 95.8 Å². The highest BCUT2D eigenvalue weighted by molar-refractivity contribution is 8.01. The van der Waals surface area contributed by atoms with Gasteiger partial charge in [0, 0.05) is 0 Å². The Balaban J connectivity index is 3.11. The molecule has 2 N–H and O–H groups in total. The van der Waals surface area contributed by atoms with E-state index < -0.39 is 26.7 Å². The summed E-state index contributed by atoms with van der Waals surface area (Å²) < 4.78 is 29.4. The Morgan fingerprint density at radius 3 is 2.17 bits per heavy atom. The van der Waals surface area contributed by atoms with E-state index in [2.05, 4.69) is 4.99 Å². The Bertz CT molecular complexity index is 354. The fourth-order valence-electron chi connectivity index (χ4n) is 0.705. The summed E-state index contributed by atoms with van der Waals surface area (Å²) in [5, 5.41) is 1.27. The highest BCUT2D eigenvalue weighted by Crippen LogP contribution is 2.15. The summed E-state index contributed by atoms with van der Waals surface area (Å²) in [7, 11) is -4.39. The fraction of sp³-hybridized carbons (Fsp3) is 0.600. The molecule has 0 radical (unpaired) electrons. The van der Waals surface area contributed by atoms with Crippen LogP contribution < -0.4 is 5.32 Å². The van der Waals surface area contributed by atoms with E-state index in [-0.39, 0.29) is 0 Å². The van der Waals surface area contributed by atoms with E-state index in [1.807, 2.05) is 5.32 Å². The lowest BCUT2D eigenvalue weighted by Crippen LogP contribution is -2.36. The van der Waals surface area contributed by atoms with Crippen molar-refractivity contribution in [1.29, 1.82) is 0 Å². The molecule has 0 aromatic rings. The van der Waals surface area contributed by atoms with E-state index >= 15 is 0 Å². The first kappa shape index (κ1) is 9.14. The molecule has 0 saturated carbocycles. The van der Waals surface area contributed by atoms with E-state index in [0.717, 1.165) is 0 Å². The zero-order chi connectivity index (χ0) is 9.57. The fourth-order valence-corrected chi connectivity index (χ4v) is 1.27. The van der Waals surface area contributed by atoms with Crippen LogP contribution in [-0.4, -0.2) is 29.6 Å². The van der Waals surface area contributed by atoms with Crippen LogP contribution in [0, 0.1) is 0 Å². The number of amides is 1. The van der Waals surface area contributed by atoms with Gasteiger partial charge in [0.05, 0.1) is 0 Å². The molecular formula is C5H8N2O4S. The second-order valence-corrected chi connectivity index (χ2v) is 4.24. The first-order chi connectivity index (χ1) is 5.23. The number of nitrogens with zero attached hydrogens (tertiary/aromatic N) is 1. The van der Waals surface area contributed by atoms with Crippen molar-refractivity contribution in [2.75, 3.05) is 0 Å². The molecule has 0 fully saturated rings. The predicted octanol–water partition coefficient (Wildman–Crippen LogP) is -0.861. The summed E-state index contributed by atoms with van der Waals surface area (Å²) in [6.07, 6.45) is 0. The summed E-state index contributed by atoms with van der Waals surface area (Å²) >= 11 is 0. The minimum absolute atomic E-state index is 0.546. The SMILES string of the molecule is CC1(C)N=C(S(=O)(=O)O)NC1=O. The number of carbonyl (C=O) groups excluding carboxylic acids is 1. The minimum atomic E-state index is -4.39. The second kappa shape index (κ2) is 2.27. The van der Waals surface area contributed by atoms with Crippen molar-refractivity contribution in [3.05, 3.63) is 0 Å². The molecule has 0 aromatic carbocycles. The summed E-state index contributed by atoms with van der Waals surface area (Å²) in [5.74, 6) is -0.546. The Morgan fingerprint density at radius 1 is 1.50 bits per heavy atom. The lowest BCUT2D eigenvalue weighted by Gasteiger charge is -2.07. The molecule has 7 heteroatoms. The number of nitrogens with one attached hydrogen (secondary N) is 1. The van der Waals surface area contributed by atoms with Gasteiger partial charge in [0.2, 0.25) is 0 Å². The van der Waals surface area contributed by atoms with Crippen LogP contribution in [0.15, 0.2) is 4.99 Å². The van der Waals surface area contributed by atoms with Gasteiger partial charge in [0.1, 0.15) is 5.54 Å². The number of rotatable bonds is 0. The van der Waals surface area contributed by atoms with Crippen LogP contribution in [-0.2, 0) is 14.9 Å². The Morgan fingerprint density at radius 2 is 2.00 bits per heavy atom. The first-order valence-corrected chi connectivity index (χ1v) is 4.56. The van der Waals surface area contributed by atoms with Crippen molar-refractivity contribution in [3.63, 3.8) is 0 Å². The third kappa shape index (κ3) is 1.46. The van der Waals surface area contributed by atoms with Gasteiger partial charge in [0.25, 0.3) is 11.1 Å². The zero-order valence-corrected chi connectivity index (χ0v) is 7.34. The third-order valence-corrected chi connectivity index (χ3v) is 2.08. The van der Waals surface area contributed by atoms with Gasteiger partial charge in [-0.05, 0) is 13.8 Å². The van der Waals surface area contributed by atoms with Crippen molar-refractivity contribution in [1.82, 2.24) is 5.32 Å². The molecule has 6 nitrogen and oxygen atoms in total. The van der Waals surface area contributed by atoms with Crippen LogP contribution in [0.2, 0.25) is 0 Å². The van der Waals surface area contributed by atoms with Crippen molar-refractivity contribution >= 4 is 21.2 Å². The van der Waals surface area contributed by atoms with Crippen LogP contribution in [0.1, 0.15) is 13.8 Å². The summed E-state index contributed by atoms with van der Waals surface area (Å²) in [6, 6.07) is 0. The van der Waals surface area contributed by atoms with Gasteiger partial charge in [-0.15, -0.1) is 0 Å². The van der Waals surface area contributed by atoms with Gasteiger partial charge < -0.3 is 0 Å². The molecule has 0 aromatic heterocycles. The smallest absolute Gasteiger partial charge is 0.297 e. The van der Waals surface area contributed by atoms with Crippen LogP contribution >= 0.6 is 0 Å². The van der Waals surface area contributed by atoms with Crippen molar-refractivity contribution < 1.29 is 17.8 Å². The molecular weight excluding hydrogens is 184 g/mol. The van der Waals surface area contributed by atoms with Gasteiger partial charge >= 0.3 is 10.1 Å². The van der Waals surface area contributed by atoms with E-state index in [1.54, 1.807) is 0 Å². The maximum Gasteiger partial charge on any atom is 0.328 e. The highest BCUT2D eigenvalue weighted by Gasteiger charge is 2.38. The molecule has 0 saturated heterocycles. The Kier molecular flexibility index (Phi) is 1.73. The monoisotopic (exact) mass is 192 g/mol. The molecule has 0 atom stereocenters. The first-order valence-electron chi connectivity index (χ1n) is 3.12. The van der Waals surface area contributed by atoms with Crippen molar-refractivity contribution in [2.24, 2.45) is 4.99 Å². The second-order valence-electron chi connectivity index (χ2n) is 2.91. The van der Waals surface area contributed by atoms with E-state index in [4.69, 9.17) is 4.55 Å². The average Bonchev–Trinajstić information content (AvgIpc) is 2.06. The lowest BCUT2D eigenvalue weighted by atomic mass is 10.1. The molecule has 1 aliphatic rings. The van der Waals surface area contributed by atoms with Gasteiger partial charge in [-0.3, -0.25) is 14.7 Å². The molecule has 1 amide bonds. The average molecular weight is 192 g/mol. The summed E-state index contributed by atoms with van der Waals surface area (Å²) in [5.41, 5.74) is -1.12. The quantitative estimate of drug-likeness (QED) is 0.488. The largest absolute Gasteiger partial charge is 0.328 e. The molecule has 68 valence electrons. The van der Waals surface area contributed by atoms with E-state index in [1.165, 1.54) is 13.8 Å². The number of hydrogen-bond donors (Lipinski definition) is 2. The minimum Gasteiger partial charge on any atom is -0.297 e. The maximum absolute atomic E-state index is 11.0. The normalized spacial score (nSPS) is 21.9. The zero-order valence-electron chi connectivity index (χ0n) is 6.53. The van der Waals surface area contributed by atoms with Crippen LogP contribution in [0.4, 0.5) is 0 Å². The summed E-state index contributed by atoms with van der Waals surface area (Å²) in [4.78, 5) is 14.4. The Labute approximate surface area is 69.4 Å². The number of hydrogen-bond acceptors (Lipinski definition) is 4. The van der Waals surface area contributed by atoms with Crippen molar-refractivity contribution in [3.8, 4) is 0 Å². The summed E-state index contributed by atoms with van der Waals surface area (Å²) in [6.45, 7) is 2.89. The molecule has 12 heavy (non-hydrogen) atoms. The van der Waals surface area contributed by atoms with Crippen LogP contribution in [0.3, 0.4) is 0 Å². The molecule has 0 spiro atoms. The van der Waals surface area contributed by atoms with E-state index in [9.17, 15) is 13.2 Å². The standard InChI is InChI=1S/C5H8N2O4S/c1-5(2)3(8)6-4(7-5)12(9,10)11/h1-2H3,(H,6,7,8)(H,9,10,11). The predicted molar refractivity (Wildman–Crippen MR) is 41.2 cm³/mol. The van der Waals surface area contributed by atoms with Crippen LogP contribution in [0.5, 0.6) is 0 Å². The number of amidine groups is 1. The van der Waals surface area contributed by atoms with Gasteiger partial charge in [-0.2, -0.15) is 8.42 Å². The molecule has 0 aliphatic carbocycles. The molecule has 1 rings (SSSR count).